The monoisotopic (exact) mass is 214 g/mol. The highest BCUT2D eigenvalue weighted by Crippen LogP contribution is 2.22. The topological polar surface area (TPSA) is 78.5 Å². The quantitative estimate of drug-likeness (QED) is 0.798. The van der Waals surface area contributed by atoms with E-state index < -0.39 is 0 Å². The second-order valence-corrected chi connectivity index (χ2v) is 4.52. The fourth-order valence-electron chi connectivity index (χ4n) is 1.50. The van der Waals surface area contributed by atoms with E-state index in [-0.39, 0.29) is 5.41 Å². The Hall–Kier alpha value is -1.86. The molecule has 0 spiro atoms. The SMILES string of the molecule is CC(C)(CN)c1nc2ccc(C#N)cc2[nH]1. The third kappa shape index (κ3) is 1.66. The van der Waals surface area contributed by atoms with Crippen molar-refractivity contribution in [2.75, 3.05) is 6.54 Å². The third-order valence-electron chi connectivity index (χ3n) is 2.76. The number of imidazole rings is 1. The van der Waals surface area contributed by atoms with Gasteiger partial charge in [0, 0.05) is 12.0 Å². The van der Waals surface area contributed by atoms with Crippen LogP contribution in [0.15, 0.2) is 18.2 Å². The molecule has 0 unspecified atom stereocenters. The van der Waals surface area contributed by atoms with Gasteiger partial charge in [0.15, 0.2) is 0 Å². The van der Waals surface area contributed by atoms with Crippen LogP contribution < -0.4 is 5.73 Å². The fraction of sp³-hybridized carbons (Fsp3) is 0.333. The van der Waals surface area contributed by atoms with E-state index in [0.717, 1.165) is 16.9 Å². The number of aromatic amines is 1. The van der Waals surface area contributed by atoms with Crippen LogP contribution in [-0.2, 0) is 5.41 Å². The lowest BCUT2D eigenvalue weighted by molar-refractivity contribution is 0.509. The van der Waals surface area contributed by atoms with Crippen molar-refractivity contribution in [3.63, 3.8) is 0 Å². The number of nitrogens with one attached hydrogen (secondary N) is 1. The van der Waals surface area contributed by atoms with Gasteiger partial charge in [0.05, 0.1) is 22.7 Å². The van der Waals surface area contributed by atoms with E-state index in [0.29, 0.717) is 12.1 Å². The molecular weight excluding hydrogens is 200 g/mol. The van der Waals surface area contributed by atoms with Crippen molar-refractivity contribution in [2.45, 2.75) is 19.3 Å². The highest BCUT2D eigenvalue weighted by Gasteiger charge is 2.22. The molecule has 2 aromatic rings. The maximum absolute atomic E-state index is 8.81. The molecule has 1 heterocycles. The molecule has 4 nitrogen and oxygen atoms in total. The number of hydrogen-bond acceptors (Lipinski definition) is 3. The normalized spacial score (nSPS) is 11.6. The lowest BCUT2D eigenvalue weighted by Gasteiger charge is -2.18. The number of hydrogen-bond donors (Lipinski definition) is 2. The minimum Gasteiger partial charge on any atom is -0.341 e. The first-order chi connectivity index (χ1) is 7.56. The first-order valence-electron chi connectivity index (χ1n) is 5.17. The molecule has 0 fully saturated rings. The molecule has 0 radical (unpaired) electrons. The number of H-pyrrole nitrogens is 1. The molecular formula is C12H14N4. The first kappa shape index (κ1) is 10.7. The van der Waals surface area contributed by atoms with Crippen LogP contribution >= 0.6 is 0 Å². The van der Waals surface area contributed by atoms with Crippen LogP contribution in [0.25, 0.3) is 11.0 Å². The largest absolute Gasteiger partial charge is 0.341 e. The van der Waals surface area contributed by atoms with E-state index in [1.165, 1.54) is 0 Å². The summed E-state index contributed by atoms with van der Waals surface area (Å²) < 4.78 is 0. The predicted molar refractivity (Wildman–Crippen MR) is 62.9 cm³/mol. The molecule has 0 amide bonds. The molecule has 3 N–H and O–H groups in total. The Kier molecular flexibility index (Phi) is 2.41. The molecule has 0 bridgehead atoms. The van der Waals surface area contributed by atoms with Crippen molar-refractivity contribution in [3.05, 3.63) is 29.6 Å². The van der Waals surface area contributed by atoms with E-state index >= 15 is 0 Å². The smallest absolute Gasteiger partial charge is 0.114 e. The Bertz CT molecular complexity index is 560. The number of nitrogens with zero attached hydrogens (tertiary/aromatic N) is 2. The lowest BCUT2D eigenvalue weighted by Crippen LogP contribution is -2.29. The van der Waals surface area contributed by atoms with Gasteiger partial charge in [0.1, 0.15) is 5.82 Å². The number of benzene rings is 1. The summed E-state index contributed by atoms with van der Waals surface area (Å²) in [4.78, 5) is 7.70. The summed E-state index contributed by atoms with van der Waals surface area (Å²) in [6, 6.07) is 7.53. The summed E-state index contributed by atoms with van der Waals surface area (Å²) in [5, 5.41) is 8.81. The van der Waals surface area contributed by atoms with Crippen molar-refractivity contribution in [1.29, 1.82) is 5.26 Å². The van der Waals surface area contributed by atoms with Gasteiger partial charge in [-0.15, -0.1) is 0 Å². The Balaban J connectivity index is 2.57. The third-order valence-corrected chi connectivity index (χ3v) is 2.76. The minimum absolute atomic E-state index is 0.175. The first-order valence-corrected chi connectivity index (χ1v) is 5.17. The van der Waals surface area contributed by atoms with Crippen molar-refractivity contribution in [1.82, 2.24) is 9.97 Å². The van der Waals surface area contributed by atoms with Crippen LogP contribution in [0.1, 0.15) is 25.2 Å². The summed E-state index contributed by atoms with van der Waals surface area (Å²) in [5.41, 5.74) is 7.92. The molecule has 0 saturated carbocycles. The van der Waals surface area contributed by atoms with Gasteiger partial charge in [-0.05, 0) is 18.2 Å². The molecule has 0 aliphatic carbocycles. The van der Waals surface area contributed by atoms with Crippen LogP contribution in [-0.4, -0.2) is 16.5 Å². The predicted octanol–water partition coefficient (Wildman–Crippen LogP) is 1.67. The molecule has 0 aliphatic heterocycles. The second-order valence-electron chi connectivity index (χ2n) is 4.52. The van der Waals surface area contributed by atoms with Gasteiger partial charge in [0.25, 0.3) is 0 Å². The Morgan fingerprint density at radius 1 is 1.50 bits per heavy atom. The summed E-state index contributed by atoms with van der Waals surface area (Å²) in [5.74, 6) is 0.861. The number of rotatable bonds is 2. The Labute approximate surface area is 94.1 Å². The van der Waals surface area contributed by atoms with E-state index in [4.69, 9.17) is 11.0 Å². The van der Waals surface area contributed by atoms with Gasteiger partial charge in [-0.1, -0.05) is 13.8 Å². The molecule has 1 aromatic heterocycles. The Morgan fingerprint density at radius 3 is 2.88 bits per heavy atom. The van der Waals surface area contributed by atoms with Crippen LogP contribution in [0.5, 0.6) is 0 Å². The minimum atomic E-state index is -0.175. The van der Waals surface area contributed by atoms with Crippen LogP contribution in [0.3, 0.4) is 0 Å². The van der Waals surface area contributed by atoms with E-state index in [1.807, 2.05) is 19.9 Å². The summed E-state index contributed by atoms with van der Waals surface area (Å²) >= 11 is 0. The number of fused-ring (bicyclic) bond motifs is 1. The number of nitriles is 1. The number of aromatic nitrogens is 2. The van der Waals surface area contributed by atoms with Crippen molar-refractivity contribution >= 4 is 11.0 Å². The maximum Gasteiger partial charge on any atom is 0.114 e. The van der Waals surface area contributed by atoms with Gasteiger partial charge in [-0.25, -0.2) is 4.98 Å². The molecule has 4 heteroatoms. The average molecular weight is 214 g/mol. The van der Waals surface area contributed by atoms with Gasteiger partial charge in [-0.2, -0.15) is 5.26 Å². The van der Waals surface area contributed by atoms with E-state index in [2.05, 4.69) is 16.0 Å². The van der Waals surface area contributed by atoms with Gasteiger partial charge in [0.2, 0.25) is 0 Å². The molecule has 0 saturated heterocycles. The van der Waals surface area contributed by atoms with E-state index in [1.54, 1.807) is 12.1 Å². The molecule has 0 aliphatic rings. The molecule has 2 rings (SSSR count). The van der Waals surface area contributed by atoms with Gasteiger partial charge < -0.3 is 10.7 Å². The van der Waals surface area contributed by atoms with Crippen molar-refractivity contribution in [2.24, 2.45) is 5.73 Å². The fourth-order valence-corrected chi connectivity index (χ4v) is 1.50. The van der Waals surface area contributed by atoms with Gasteiger partial charge >= 0.3 is 0 Å². The standard InChI is InChI=1S/C12H14N4/c1-12(2,7-14)11-15-9-4-3-8(6-13)5-10(9)16-11/h3-5H,7,14H2,1-2H3,(H,15,16). The zero-order valence-electron chi connectivity index (χ0n) is 9.41. The zero-order valence-corrected chi connectivity index (χ0v) is 9.41. The van der Waals surface area contributed by atoms with Gasteiger partial charge in [-0.3, -0.25) is 0 Å². The highest BCUT2D eigenvalue weighted by atomic mass is 14.9. The van der Waals surface area contributed by atoms with Crippen molar-refractivity contribution < 1.29 is 0 Å². The molecule has 16 heavy (non-hydrogen) atoms. The lowest BCUT2D eigenvalue weighted by atomic mass is 9.93. The van der Waals surface area contributed by atoms with Crippen molar-refractivity contribution in [3.8, 4) is 6.07 Å². The summed E-state index contributed by atoms with van der Waals surface area (Å²) in [7, 11) is 0. The molecule has 1 aromatic carbocycles. The second kappa shape index (κ2) is 3.62. The van der Waals surface area contributed by atoms with E-state index in [9.17, 15) is 0 Å². The maximum atomic E-state index is 8.81. The Morgan fingerprint density at radius 2 is 2.25 bits per heavy atom. The van der Waals surface area contributed by atoms with Crippen LogP contribution in [0.4, 0.5) is 0 Å². The summed E-state index contributed by atoms with van der Waals surface area (Å²) in [6.07, 6.45) is 0. The average Bonchev–Trinajstić information content (AvgIpc) is 2.72. The van der Waals surface area contributed by atoms with Crippen LogP contribution in [0.2, 0.25) is 0 Å². The van der Waals surface area contributed by atoms with Crippen LogP contribution in [0, 0.1) is 11.3 Å². The zero-order chi connectivity index (χ0) is 11.8. The number of nitrogens with two attached hydrogens (primary N) is 1. The molecule has 0 atom stereocenters. The highest BCUT2D eigenvalue weighted by molar-refractivity contribution is 5.77. The molecule has 82 valence electrons. The summed E-state index contributed by atoms with van der Waals surface area (Å²) in [6.45, 7) is 4.60.